The third kappa shape index (κ3) is 1.28. The Morgan fingerprint density at radius 3 is 0.623 bits per heavy atom. The van der Waals surface area contributed by atoms with E-state index >= 15 is 0 Å². The summed E-state index contributed by atoms with van der Waals surface area (Å²) in [7, 11) is 0. The highest BCUT2D eigenvalue weighted by atomic mass is 16.7. The van der Waals surface area contributed by atoms with Crippen molar-refractivity contribution in [1.29, 1.82) is 0 Å². The van der Waals surface area contributed by atoms with Gasteiger partial charge in [0.05, 0.1) is 0 Å². The van der Waals surface area contributed by atoms with Gasteiger partial charge in [0.2, 0.25) is 5.60 Å². The highest BCUT2D eigenvalue weighted by Gasteiger charge is 2.76. The van der Waals surface area contributed by atoms with E-state index < -0.39 is 11.0 Å². The van der Waals surface area contributed by atoms with Gasteiger partial charge in [-0.05, 0) is 302 Å². The third-order valence-corrected chi connectivity index (χ3v) is 24.9. The van der Waals surface area contributed by atoms with Crippen LogP contribution in [0.3, 0.4) is 0 Å². The average Bonchev–Trinajstić information content (AvgIpc) is 4.26. The lowest BCUT2D eigenvalue weighted by atomic mass is 9.52. The van der Waals surface area contributed by atoms with Gasteiger partial charge in [0.15, 0.2) is 0 Å². The van der Waals surface area contributed by atoms with Crippen LogP contribution in [0, 0.1) is 0 Å². The molecular weight excluding hydrogens is 835 g/mol. The molecule has 0 N–H and O–H groups in total. The quantitative estimate of drug-likeness (QED) is 0.151. The Morgan fingerprint density at radius 2 is 0.406 bits per heavy atom. The molecule has 0 saturated heterocycles. The van der Waals surface area contributed by atoms with Crippen molar-refractivity contribution in [1.82, 2.24) is 0 Å². The van der Waals surface area contributed by atoms with Gasteiger partial charge >= 0.3 is 0 Å². The second-order valence-corrected chi connectivity index (χ2v) is 25.1. The Labute approximate surface area is 373 Å². The maximum atomic E-state index is 8.09. The molecule has 284 valence electrons. The topological polar surface area (TPSA) is 21.6 Å². The van der Waals surface area contributed by atoms with Gasteiger partial charge in [-0.2, -0.15) is 0 Å². The third-order valence-electron chi connectivity index (χ3n) is 24.9. The summed E-state index contributed by atoms with van der Waals surface area (Å²) in [5.41, 5.74) is 7.00. The number of hydrogen-bond acceptors (Lipinski definition) is 2. The molecule has 1 aliphatic heterocycles. The zero-order chi connectivity index (χ0) is 40.6. The van der Waals surface area contributed by atoms with E-state index in [0.29, 0.717) is 0 Å². The van der Waals surface area contributed by atoms with E-state index in [9.17, 15) is 0 Å². The van der Waals surface area contributed by atoms with Crippen LogP contribution >= 0.6 is 0 Å². The van der Waals surface area contributed by atoms with E-state index in [1.54, 1.807) is 302 Å². The van der Waals surface area contributed by atoms with E-state index in [2.05, 4.69) is 30.3 Å². The first-order valence-corrected chi connectivity index (χ1v) is 25.5. The SMILES string of the molecule is c1ccc(C2=NOC34c5c6c7c8c9c%10c(c%11c%12c3c3c5c5c%13c6c6c7c7c9c9c%14c%10c%10c%11c%11c%12c%12c3c3c5c5c%13c%13c6c6c7c9c7c9c%14c%10c%10c%11c%11c%12c3c3c5c5c%13c6c7c6c9c%10c%11c3c56)C284)cc1. The molecule has 0 atom stereocenters. The molecule has 29 aromatic carbocycles. The van der Waals surface area contributed by atoms with Crippen molar-refractivity contribution in [2.75, 3.05) is 0 Å². The van der Waals surface area contributed by atoms with Crippen LogP contribution in [0.15, 0.2) is 35.5 Å². The first-order chi connectivity index (χ1) is 34.4. The molecule has 0 amide bonds. The first kappa shape index (κ1) is 24.8. The zero-order valence-corrected chi connectivity index (χ0v) is 34.7. The van der Waals surface area contributed by atoms with Gasteiger partial charge in [-0.25, -0.2) is 0 Å². The fourth-order valence-corrected chi connectivity index (χ4v) is 24.8. The van der Waals surface area contributed by atoms with Crippen molar-refractivity contribution >= 4 is 297 Å². The van der Waals surface area contributed by atoms with Crippen LogP contribution in [-0.4, -0.2) is 5.71 Å². The normalized spacial score (nSPS) is 22.5. The summed E-state index contributed by atoms with van der Waals surface area (Å²) in [4.78, 5) is 8.09. The monoisotopic (exact) mass is 839 g/mol. The van der Waals surface area contributed by atoms with Crippen LogP contribution in [0.1, 0.15) is 27.8 Å². The second-order valence-electron chi connectivity index (χ2n) is 25.1. The summed E-state index contributed by atoms with van der Waals surface area (Å²) >= 11 is 0. The average molecular weight is 840 g/mol. The summed E-state index contributed by atoms with van der Waals surface area (Å²) in [6, 6.07) is 11.4. The molecule has 4 aliphatic carbocycles. The van der Waals surface area contributed by atoms with E-state index in [1.165, 1.54) is 16.7 Å². The van der Waals surface area contributed by atoms with E-state index in [-0.39, 0.29) is 0 Å². The van der Waals surface area contributed by atoms with E-state index in [0.717, 1.165) is 5.71 Å². The largest absolute Gasteiger partial charge is 0.377 e. The molecule has 34 rings (SSSR count). The number of nitrogens with zero attached hydrogens (tertiary/aromatic N) is 1. The zero-order valence-electron chi connectivity index (χ0n) is 34.7. The molecule has 0 unspecified atom stereocenters. The van der Waals surface area contributed by atoms with Gasteiger partial charge in [-0.15, -0.1) is 0 Å². The standard InChI is InChI=1S/C67H5NO/c1-2-4-6(5-3-1)65-66-61-53-45-35-25-17-9-7-8-11-15-13(9)21-29-23(15)33-27-19(11)20-12(8)16-14-10(7)18(17)26-32-22(14)30-24(16)34-28(20)38-37(27)49-43(33)51-41(29)47(39(45)31(21)25)55(61)57(51)63-59(49)60-50(38)44(34)52-42(30)48-40(32)46(36(26)35)54(53)62(66)56(48)58(52)64(60)67(63,66)69-68-65/h1-5H. The number of rotatable bonds is 1. The lowest BCUT2D eigenvalue weighted by molar-refractivity contribution is -0.0122. The van der Waals surface area contributed by atoms with Gasteiger partial charge in [0, 0.05) is 16.7 Å². The molecule has 0 radical (unpaired) electrons. The summed E-state index contributed by atoms with van der Waals surface area (Å²) in [6.45, 7) is 0. The minimum Gasteiger partial charge on any atom is -0.377 e. The molecule has 0 bridgehead atoms. The van der Waals surface area contributed by atoms with Crippen molar-refractivity contribution < 1.29 is 4.84 Å². The molecule has 5 aliphatic rings. The fourth-order valence-electron chi connectivity index (χ4n) is 24.8. The predicted octanol–water partition coefficient (Wildman–Crippen LogP) is 17.7. The fraction of sp³-hybridized carbons (Fsp3) is 0.0299. The van der Waals surface area contributed by atoms with Crippen LogP contribution < -0.4 is 0 Å². The van der Waals surface area contributed by atoms with Crippen molar-refractivity contribution in [3.05, 3.63) is 58.1 Å². The van der Waals surface area contributed by atoms with Crippen LogP contribution in [0.25, 0.3) is 291 Å². The second kappa shape index (κ2) is 5.53. The van der Waals surface area contributed by atoms with Gasteiger partial charge < -0.3 is 4.84 Å². The molecule has 2 nitrogen and oxygen atoms in total. The number of benzene rings is 19. The highest BCUT2D eigenvalue weighted by Crippen LogP contribution is 2.85. The minimum absolute atomic E-state index is 0.653. The highest BCUT2D eigenvalue weighted by molar-refractivity contribution is 6.82. The number of oxime groups is 1. The lowest BCUT2D eigenvalue weighted by Crippen LogP contribution is -2.54. The van der Waals surface area contributed by atoms with E-state index in [4.69, 9.17) is 9.99 Å². The molecule has 2 spiro atoms. The smallest absolute Gasteiger partial charge is 0.209 e. The lowest BCUT2D eigenvalue weighted by Gasteiger charge is -2.47. The van der Waals surface area contributed by atoms with Gasteiger partial charge in [-0.3, -0.25) is 0 Å². The van der Waals surface area contributed by atoms with Crippen LogP contribution in [0.5, 0.6) is 0 Å². The Hall–Kier alpha value is -8.85. The van der Waals surface area contributed by atoms with Crippen molar-refractivity contribution in [2.24, 2.45) is 5.16 Å². The number of hydrogen-bond donors (Lipinski definition) is 0. The molecular formula is C67H5NO. The van der Waals surface area contributed by atoms with Crippen molar-refractivity contribution in [2.45, 2.75) is 11.0 Å². The van der Waals surface area contributed by atoms with Gasteiger partial charge in [0.25, 0.3) is 0 Å². The predicted molar refractivity (Wildman–Crippen MR) is 288 cm³/mol. The minimum atomic E-state index is -0.830. The first-order valence-electron chi connectivity index (χ1n) is 25.5. The Kier molecular flexibility index (Phi) is 1.99. The molecule has 1 heterocycles. The maximum Gasteiger partial charge on any atom is 0.209 e. The Balaban J connectivity index is 1.20. The van der Waals surface area contributed by atoms with Crippen LogP contribution in [0.2, 0.25) is 0 Å². The molecule has 29 aromatic rings. The summed E-state index contributed by atoms with van der Waals surface area (Å²) < 4.78 is 0. The summed E-state index contributed by atoms with van der Waals surface area (Å²) in [6.07, 6.45) is 0. The van der Waals surface area contributed by atoms with Gasteiger partial charge in [0.1, 0.15) is 11.1 Å². The molecule has 2 heteroatoms. The van der Waals surface area contributed by atoms with Crippen LogP contribution in [-0.2, 0) is 15.9 Å². The van der Waals surface area contributed by atoms with Gasteiger partial charge in [-0.1, -0.05) is 35.5 Å². The maximum absolute atomic E-state index is 8.09. The van der Waals surface area contributed by atoms with E-state index in [1.807, 2.05) is 0 Å². The summed E-state index contributed by atoms with van der Waals surface area (Å²) in [5, 5.41) is 92.5. The van der Waals surface area contributed by atoms with Crippen molar-refractivity contribution in [3.8, 4) is 0 Å². The molecule has 0 saturated carbocycles. The molecule has 69 heavy (non-hydrogen) atoms. The Bertz CT molecular complexity index is 7210. The molecule has 0 fully saturated rings. The van der Waals surface area contributed by atoms with Crippen LogP contribution in [0.4, 0.5) is 0 Å². The Morgan fingerprint density at radius 1 is 0.217 bits per heavy atom. The summed E-state index contributed by atoms with van der Waals surface area (Å²) in [5.74, 6) is 0. The van der Waals surface area contributed by atoms with Crippen molar-refractivity contribution in [3.63, 3.8) is 0 Å². The molecule has 0 aromatic heterocycles.